The van der Waals surface area contributed by atoms with Crippen LogP contribution >= 0.6 is 0 Å². The van der Waals surface area contributed by atoms with Crippen LogP contribution in [0.4, 0.5) is 8.78 Å². The zero-order valence-electron chi connectivity index (χ0n) is 15.7. The summed E-state index contributed by atoms with van der Waals surface area (Å²) in [5.41, 5.74) is 2.88. The number of H-pyrrole nitrogens is 1. The van der Waals surface area contributed by atoms with Crippen molar-refractivity contribution in [2.45, 2.75) is 20.3 Å². The second-order valence-corrected chi connectivity index (χ2v) is 6.55. The second-order valence-electron chi connectivity index (χ2n) is 6.55. The Morgan fingerprint density at radius 1 is 0.929 bits per heavy atom. The van der Waals surface area contributed by atoms with E-state index in [1.54, 1.807) is 26.0 Å². The molecule has 3 aromatic rings. The predicted octanol–water partition coefficient (Wildman–Crippen LogP) is 4.52. The third-order valence-electron chi connectivity index (χ3n) is 4.61. The Kier molecular flexibility index (Phi) is 5.40. The van der Waals surface area contributed by atoms with Crippen LogP contribution in [0.3, 0.4) is 0 Å². The molecule has 6 heteroatoms. The Morgan fingerprint density at radius 3 is 2.18 bits per heavy atom. The van der Waals surface area contributed by atoms with Gasteiger partial charge in [-0.25, -0.2) is 13.6 Å². The number of carbonyl (C=O) groups excluding carboxylic acids is 2. The number of hydrogen-bond acceptors (Lipinski definition) is 3. The summed E-state index contributed by atoms with van der Waals surface area (Å²) in [5.74, 6) is -1.88. The number of nitrogens with one attached hydrogen (secondary N) is 1. The summed E-state index contributed by atoms with van der Waals surface area (Å²) in [4.78, 5) is 28.5. The van der Waals surface area contributed by atoms with Gasteiger partial charge < -0.3 is 9.72 Å². The maximum atomic E-state index is 13.9. The molecule has 1 heterocycles. The zero-order valence-corrected chi connectivity index (χ0v) is 15.7. The number of ether oxygens (including phenoxy) is 1. The van der Waals surface area contributed by atoms with Crippen molar-refractivity contribution in [1.82, 2.24) is 4.98 Å². The van der Waals surface area contributed by atoms with Gasteiger partial charge >= 0.3 is 5.97 Å². The van der Waals surface area contributed by atoms with E-state index in [-0.39, 0.29) is 28.9 Å². The Balaban J connectivity index is 2.08. The third-order valence-corrected chi connectivity index (χ3v) is 4.61. The number of carbonyl (C=O) groups is 2. The molecular weight excluding hydrogens is 364 g/mol. The van der Waals surface area contributed by atoms with Crippen LogP contribution < -0.4 is 0 Å². The van der Waals surface area contributed by atoms with E-state index >= 15 is 0 Å². The number of hydrogen-bond donors (Lipinski definition) is 1. The van der Waals surface area contributed by atoms with Crippen molar-refractivity contribution < 1.29 is 23.1 Å². The van der Waals surface area contributed by atoms with Crippen LogP contribution in [-0.4, -0.2) is 23.8 Å². The highest BCUT2D eigenvalue weighted by Crippen LogP contribution is 2.26. The fourth-order valence-corrected chi connectivity index (χ4v) is 3.31. The average molecular weight is 383 g/mol. The molecule has 4 nitrogen and oxygen atoms in total. The number of benzene rings is 2. The van der Waals surface area contributed by atoms with E-state index in [4.69, 9.17) is 4.74 Å². The van der Waals surface area contributed by atoms with Gasteiger partial charge in [0.1, 0.15) is 11.6 Å². The number of aromatic nitrogens is 1. The van der Waals surface area contributed by atoms with E-state index < -0.39 is 17.6 Å². The summed E-state index contributed by atoms with van der Waals surface area (Å²) >= 11 is 0. The summed E-state index contributed by atoms with van der Waals surface area (Å²) < 4.78 is 31.8. The zero-order chi connectivity index (χ0) is 20.4. The van der Waals surface area contributed by atoms with Crippen molar-refractivity contribution in [1.29, 1.82) is 0 Å². The van der Waals surface area contributed by atoms with Crippen LogP contribution in [0.1, 0.15) is 48.8 Å². The second kappa shape index (κ2) is 7.76. The SMILES string of the molecule is COC(=O)c1c(C)[nH]c(C)c1C(=O)c1ccc(F)cc1Cc1ccc(F)cc1. The van der Waals surface area contributed by atoms with Gasteiger partial charge in [-0.05, 0) is 61.7 Å². The normalized spacial score (nSPS) is 10.8. The molecule has 0 amide bonds. The van der Waals surface area contributed by atoms with Crippen molar-refractivity contribution in [3.05, 3.63) is 93.3 Å². The number of aromatic amines is 1. The van der Waals surface area contributed by atoms with E-state index in [0.29, 0.717) is 17.0 Å². The minimum atomic E-state index is -0.618. The first kappa shape index (κ1) is 19.5. The molecule has 3 rings (SSSR count). The quantitative estimate of drug-likeness (QED) is 0.521. The minimum Gasteiger partial charge on any atom is -0.465 e. The van der Waals surface area contributed by atoms with Crippen LogP contribution in [0.5, 0.6) is 0 Å². The summed E-state index contributed by atoms with van der Waals surface area (Å²) in [7, 11) is 1.25. The first-order valence-electron chi connectivity index (χ1n) is 8.67. The van der Waals surface area contributed by atoms with Crippen LogP contribution in [-0.2, 0) is 11.2 Å². The molecule has 0 aliphatic carbocycles. The largest absolute Gasteiger partial charge is 0.465 e. The molecule has 0 saturated heterocycles. The maximum absolute atomic E-state index is 13.9. The lowest BCUT2D eigenvalue weighted by atomic mass is 9.92. The fraction of sp³-hybridized carbons (Fsp3) is 0.182. The standard InChI is InChI=1S/C22H19F2NO3/c1-12-19(20(13(2)25-12)22(27)28-3)21(26)18-9-8-17(24)11-15(18)10-14-4-6-16(23)7-5-14/h4-9,11,25H,10H2,1-3H3. The molecule has 0 unspecified atom stereocenters. The van der Waals surface area contributed by atoms with Crippen LogP contribution in [0.25, 0.3) is 0 Å². The van der Waals surface area contributed by atoms with Crippen LogP contribution in [0, 0.1) is 25.5 Å². The lowest BCUT2D eigenvalue weighted by Crippen LogP contribution is -2.13. The first-order valence-corrected chi connectivity index (χ1v) is 8.67. The highest BCUT2D eigenvalue weighted by molar-refractivity contribution is 6.16. The lowest BCUT2D eigenvalue weighted by molar-refractivity contribution is 0.0597. The Hall–Kier alpha value is -3.28. The topological polar surface area (TPSA) is 59.2 Å². The molecule has 2 aromatic carbocycles. The van der Waals surface area contributed by atoms with Crippen LogP contribution in [0.2, 0.25) is 0 Å². The van der Waals surface area contributed by atoms with E-state index in [2.05, 4.69) is 4.98 Å². The summed E-state index contributed by atoms with van der Waals surface area (Å²) in [6.07, 6.45) is 0.245. The third kappa shape index (κ3) is 3.71. The van der Waals surface area contributed by atoms with Gasteiger partial charge in [-0.1, -0.05) is 12.1 Å². The van der Waals surface area contributed by atoms with Gasteiger partial charge in [-0.3, -0.25) is 4.79 Å². The van der Waals surface area contributed by atoms with E-state index in [0.717, 1.165) is 5.56 Å². The highest BCUT2D eigenvalue weighted by Gasteiger charge is 2.27. The number of rotatable bonds is 5. The number of ketones is 1. The highest BCUT2D eigenvalue weighted by atomic mass is 19.1. The Labute approximate surface area is 161 Å². The molecule has 0 saturated carbocycles. The molecule has 28 heavy (non-hydrogen) atoms. The van der Waals surface area contributed by atoms with Crippen molar-refractivity contribution in [3.63, 3.8) is 0 Å². The minimum absolute atomic E-state index is 0.169. The van der Waals surface area contributed by atoms with E-state index in [9.17, 15) is 18.4 Å². The van der Waals surface area contributed by atoms with Gasteiger partial charge in [0.25, 0.3) is 0 Å². The Bertz CT molecular complexity index is 1050. The smallest absolute Gasteiger partial charge is 0.340 e. The molecule has 1 aromatic heterocycles. The molecule has 0 spiro atoms. The predicted molar refractivity (Wildman–Crippen MR) is 101 cm³/mol. The van der Waals surface area contributed by atoms with Gasteiger partial charge in [-0.15, -0.1) is 0 Å². The average Bonchev–Trinajstić information content (AvgIpc) is 2.96. The molecule has 0 radical (unpaired) electrons. The molecule has 0 aliphatic rings. The molecule has 1 N–H and O–H groups in total. The Morgan fingerprint density at radius 2 is 1.54 bits per heavy atom. The van der Waals surface area contributed by atoms with Gasteiger partial charge in [0.2, 0.25) is 0 Å². The van der Waals surface area contributed by atoms with Crippen molar-refractivity contribution in [3.8, 4) is 0 Å². The number of halogens is 2. The first-order chi connectivity index (χ1) is 13.3. The number of aryl methyl sites for hydroxylation is 2. The molecular formula is C22H19F2NO3. The van der Waals surface area contributed by atoms with Crippen molar-refractivity contribution in [2.24, 2.45) is 0 Å². The maximum Gasteiger partial charge on any atom is 0.340 e. The van der Waals surface area contributed by atoms with Gasteiger partial charge in [0, 0.05) is 17.0 Å². The van der Waals surface area contributed by atoms with Crippen LogP contribution in [0.15, 0.2) is 42.5 Å². The van der Waals surface area contributed by atoms with Crippen molar-refractivity contribution >= 4 is 11.8 Å². The lowest BCUT2D eigenvalue weighted by Gasteiger charge is -2.11. The molecule has 0 atom stereocenters. The van der Waals surface area contributed by atoms with Gasteiger partial charge in [0.15, 0.2) is 5.78 Å². The number of esters is 1. The number of methoxy groups -OCH3 is 1. The summed E-state index contributed by atoms with van der Waals surface area (Å²) in [5, 5.41) is 0. The van der Waals surface area contributed by atoms with E-state index in [1.165, 1.54) is 37.4 Å². The molecule has 144 valence electrons. The van der Waals surface area contributed by atoms with Gasteiger partial charge in [-0.2, -0.15) is 0 Å². The fourth-order valence-electron chi connectivity index (χ4n) is 3.31. The van der Waals surface area contributed by atoms with E-state index in [1.807, 2.05) is 0 Å². The van der Waals surface area contributed by atoms with Crippen molar-refractivity contribution in [2.75, 3.05) is 7.11 Å². The molecule has 0 bridgehead atoms. The summed E-state index contributed by atoms with van der Waals surface area (Å²) in [6, 6.07) is 9.67. The monoisotopic (exact) mass is 383 g/mol. The summed E-state index contributed by atoms with van der Waals surface area (Å²) in [6.45, 7) is 3.37. The molecule has 0 fully saturated rings. The molecule has 0 aliphatic heterocycles. The van der Waals surface area contributed by atoms with Gasteiger partial charge in [0.05, 0.1) is 18.2 Å².